The second-order valence-corrected chi connectivity index (χ2v) is 8.92. The van der Waals surface area contributed by atoms with Crippen LogP contribution in [0, 0.1) is 0 Å². The Morgan fingerprint density at radius 2 is 1.81 bits per heavy atom. The highest BCUT2D eigenvalue weighted by molar-refractivity contribution is 7.92. The Kier molecular flexibility index (Phi) is 7.24. The van der Waals surface area contributed by atoms with Crippen molar-refractivity contribution >= 4 is 51.0 Å². The summed E-state index contributed by atoms with van der Waals surface area (Å²) in [6, 6.07) is 14.6. The van der Waals surface area contributed by atoms with E-state index in [0.717, 1.165) is 0 Å². The van der Waals surface area contributed by atoms with Gasteiger partial charge in [0.15, 0.2) is 11.5 Å². The Morgan fingerprint density at radius 3 is 2.50 bits per heavy atom. The zero-order chi connectivity index (χ0) is 23.3. The maximum atomic E-state index is 12.6. The summed E-state index contributed by atoms with van der Waals surface area (Å²) in [6.45, 7) is 0. The average molecular weight is 494 g/mol. The van der Waals surface area contributed by atoms with Crippen molar-refractivity contribution in [3.8, 4) is 11.5 Å². The van der Waals surface area contributed by atoms with E-state index in [-0.39, 0.29) is 27.0 Å². The predicted octanol–water partition coefficient (Wildman–Crippen LogP) is 4.27. The largest absolute Gasteiger partial charge is 0.503 e. The number of amides is 1. The number of methoxy groups -OCH3 is 1. The molecule has 0 heterocycles. The molecular weight excluding hydrogens is 477 g/mol. The van der Waals surface area contributed by atoms with E-state index in [4.69, 9.17) is 27.9 Å². The first-order valence-electron chi connectivity index (χ1n) is 8.98. The van der Waals surface area contributed by atoms with Crippen LogP contribution in [0.3, 0.4) is 0 Å². The Morgan fingerprint density at radius 1 is 1.09 bits per heavy atom. The Labute approximate surface area is 194 Å². The molecular formula is C21H17Cl2N3O5S. The number of benzene rings is 3. The fraction of sp³-hybridized carbons (Fsp3) is 0.0476. The van der Waals surface area contributed by atoms with Crippen LogP contribution in [0.1, 0.15) is 15.9 Å². The van der Waals surface area contributed by atoms with E-state index in [0.29, 0.717) is 16.3 Å². The third kappa shape index (κ3) is 5.70. The lowest BCUT2D eigenvalue weighted by atomic mass is 10.2. The van der Waals surface area contributed by atoms with Crippen molar-refractivity contribution in [3.63, 3.8) is 0 Å². The van der Waals surface area contributed by atoms with Crippen LogP contribution in [0.15, 0.2) is 70.7 Å². The molecule has 0 aliphatic rings. The normalized spacial score (nSPS) is 11.3. The number of anilines is 1. The number of carbonyl (C=O) groups is 1. The van der Waals surface area contributed by atoms with E-state index >= 15 is 0 Å². The van der Waals surface area contributed by atoms with Crippen LogP contribution in [0.2, 0.25) is 10.0 Å². The van der Waals surface area contributed by atoms with Crippen LogP contribution in [0.5, 0.6) is 11.5 Å². The van der Waals surface area contributed by atoms with Crippen molar-refractivity contribution in [2.45, 2.75) is 4.90 Å². The molecule has 3 aromatic carbocycles. The van der Waals surface area contributed by atoms with Crippen molar-refractivity contribution in [2.75, 3.05) is 11.8 Å². The second-order valence-electron chi connectivity index (χ2n) is 6.39. The van der Waals surface area contributed by atoms with Crippen molar-refractivity contribution in [1.82, 2.24) is 5.43 Å². The first-order chi connectivity index (χ1) is 15.2. The number of aromatic hydroxyl groups is 1. The SMILES string of the molecule is COc1cc(/C=N/NC(=O)c2cccc(S(=O)(=O)Nc3ccc(Cl)cc3)c2)cc(Cl)c1O. The summed E-state index contributed by atoms with van der Waals surface area (Å²) < 4.78 is 32.7. The number of phenols is 1. The molecule has 0 saturated heterocycles. The average Bonchev–Trinajstić information content (AvgIpc) is 2.77. The summed E-state index contributed by atoms with van der Waals surface area (Å²) in [4.78, 5) is 12.3. The lowest BCUT2D eigenvalue weighted by Gasteiger charge is -2.09. The van der Waals surface area contributed by atoms with Crippen LogP contribution < -0.4 is 14.9 Å². The van der Waals surface area contributed by atoms with Crippen molar-refractivity contribution in [2.24, 2.45) is 5.10 Å². The summed E-state index contributed by atoms with van der Waals surface area (Å²) in [5.41, 5.74) is 3.19. The van der Waals surface area contributed by atoms with E-state index in [1.165, 1.54) is 61.9 Å². The van der Waals surface area contributed by atoms with E-state index in [1.807, 2.05) is 0 Å². The topological polar surface area (TPSA) is 117 Å². The molecule has 0 aliphatic heterocycles. The molecule has 32 heavy (non-hydrogen) atoms. The highest BCUT2D eigenvalue weighted by atomic mass is 35.5. The van der Waals surface area contributed by atoms with Gasteiger partial charge in [-0.25, -0.2) is 13.8 Å². The fourth-order valence-corrected chi connectivity index (χ4v) is 4.04. The molecule has 0 bridgehead atoms. The van der Waals surface area contributed by atoms with Gasteiger partial charge in [0.25, 0.3) is 15.9 Å². The summed E-state index contributed by atoms with van der Waals surface area (Å²) in [5.74, 6) is -0.682. The van der Waals surface area contributed by atoms with Gasteiger partial charge in [-0.3, -0.25) is 9.52 Å². The molecule has 0 spiro atoms. The lowest BCUT2D eigenvalue weighted by molar-refractivity contribution is 0.0955. The minimum Gasteiger partial charge on any atom is -0.503 e. The van der Waals surface area contributed by atoms with Gasteiger partial charge in [-0.1, -0.05) is 29.3 Å². The Bertz CT molecular complexity index is 1280. The van der Waals surface area contributed by atoms with E-state index in [9.17, 15) is 18.3 Å². The lowest BCUT2D eigenvalue weighted by Crippen LogP contribution is -2.19. The molecule has 1 amide bonds. The minimum atomic E-state index is -3.93. The van der Waals surface area contributed by atoms with E-state index < -0.39 is 15.9 Å². The molecule has 3 rings (SSSR count). The third-order valence-corrected chi connectivity index (χ3v) is 6.07. The van der Waals surface area contributed by atoms with Crippen LogP contribution in [-0.4, -0.2) is 32.8 Å². The smallest absolute Gasteiger partial charge is 0.271 e. The van der Waals surface area contributed by atoms with Crippen molar-refractivity contribution < 1.29 is 23.1 Å². The summed E-state index contributed by atoms with van der Waals surface area (Å²) in [6.07, 6.45) is 1.30. The monoisotopic (exact) mass is 493 g/mol. The third-order valence-electron chi connectivity index (χ3n) is 4.15. The standard InChI is InChI=1S/C21H17Cl2N3O5S/c1-31-19-10-13(9-18(23)20(19)27)12-24-25-21(28)14-3-2-4-17(11-14)32(29,30)26-16-7-5-15(22)6-8-16/h2-12,26-27H,1H3,(H,25,28)/b24-12+. The van der Waals surface area contributed by atoms with Gasteiger partial charge in [-0.15, -0.1) is 0 Å². The number of carbonyl (C=O) groups excluding carboxylic acids is 1. The van der Waals surface area contributed by atoms with Gasteiger partial charge in [-0.05, 0) is 60.2 Å². The number of rotatable bonds is 7. The fourth-order valence-electron chi connectivity index (χ4n) is 2.59. The highest BCUT2D eigenvalue weighted by Crippen LogP contribution is 2.34. The molecule has 0 aromatic heterocycles. The Balaban J connectivity index is 1.73. The minimum absolute atomic E-state index is 0.0585. The van der Waals surface area contributed by atoms with Gasteiger partial charge >= 0.3 is 0 Å². The summed E-state index contributed by atoms with van der Waals surface area (Å²) >= 11 is 11.7. The van der Waals surface area contributed by atoms with Gasteiger partial charge in [0, 0.05) is 16.3 Å². The molecule has 3 aromatic rings. The van der Waals surface area contributed by atoms with Crippen molar-refractivity contribution in [1.29, 1.82) is 0 Å². The van der Waals surface area contributed by atoms with Gasteiger partial charge in [-0.2, -0.15) is 5.10 Å². The zero-order valence-corrected chi connectivity index (χ0v) is 18.9. The maximum absolute atomic E-state index is 12.6. The summed E-state index contributed by atoms with van der Waals surface area (Å²) in [5, 5.41) is 14.1. The van der Waals surface area contributed by atoms with E-state index in [2.05, 4.69) is 15.2 Å². The second kappa shape index (κ2) is 9.90. The highest BCUT2D eigenvalue weighted by Gasteiger charge is 2.16. The number of hydrogen-bond donors (Lipinski definition) is 3. The van der Waals surface area contributed by atoms with Gasteiger partial charge in [0.2, 0.25) is 0 Å². The zero-order valence-electron chi connectivity index (χ0n) is 16.5. The van der Waals surface area contributed by atoms with Gasteiger partial charge < -0.3 is 9.84 Å². The molecule has 8 nitrogen and oxygen atoms in total. The number of nitrogens with one attached hydrogen (secondary N) is 2. The number of hydrogen-bond acceptors (Lipinski definition) is 6. The van der Waals surface area contributed by atoms with Crippen LogP contribution >= 0.6 is 23.2 Å². The van der Waals surface area contributed by atoms with E-state index in [1.54, 1.807) is 12.1 Å². The van der Waals surface area contributed by atoms with Crippen LogP contribution in [-0.2, 0) is 10.0 Å². The molecule has 166 valence electrons. The molecule has 0 atom stereocenters. The van der Waals surface area contributed by atoms with Gasteiger partial charge in [0.05, 0.1) is 23.2 Å². The number of ether oxygens (including phenoxy) is 1. The summed E-state index contributed by atoms with van der Waals surface area (Å²) in [7, 11) is -2.55. The van der Waals surface area contributed by atoms with Crippen LogP contribution in [0.25, 0.3) is 0 Å². The number of sulfonamides is 1. The molecule has 3 N–H and O–H groups in total. The molecule has 11 heteroatoms. The van der Waals surface area contributed by atoms with Gasteiger partial charge in [0.1, 0.15) is 0 Å². The number of nitrogens with zero attached hydrogens (tertiary/aromatic N) is 1. The molecule has 0 aliphatic carbocycles. The maximum Gasteiger partial charge on any atom is 0.271 e. The number of hydrazone groups is 1. The first kappa shape index (κ1) is 23.4. The first-order valence-corrected chi connectivity index (χ1v) is 11.2. The molecule has 0 saturated carbocycles. The molecule has 0 radical (unpaired) electrons. The quantitative estimate of drug-likeness (QED) is 0.335. The number of halogens is 2. The van der Waals surface area contributed by atoms with Crippen molar-refractivity contribution in [3.05, 3.63) is 81.8 Å². The molecule has 0 fully saturated rings. The number of phenolic OH excluding ortho intramolecular Hbond substituents is 1. The van der Waals surface area contributed by atoms with Crippen LogP contribution in [0.4, 0.5) is 5.69 Å². The molecule has 0 unspecified atom stereocenters. The Hall–Kier alpha value is -3.27. The predicted molar refractivity (Wildman–Crippen MR) is 123 cm³/mol.